The van der Waals surface area contributed by atoms with Gasteiger partial charge in [0.05, 0.1) is 11.6 Å². The Bertz CT molecular complexity index is 1100. The van der Waals surface area contributed by atoms with Gasteiger partial charge < -0.3 is 10.4 Å². The Kier molecular flexibility index (Phi) is 5.70. The van der Waals surface area contributed by atoms with Gasteiger partial charge in [0.2, 0.25) is 0 Å². The third-order valence-electron chi connectivity index (χ3n) is 5.84. The molecule has 6 nitrogen and oxygen atoms in total. The van der Waals surface area contributed by atoms with Crippen molar-refractivity contribution >= 4 is 22.5 Å². The lowest BCUT2D eigenvalue weighted by Crippen LogP contribution is -2.20. The van der Waals surface area contributed by atoms with Crippen molar-refractivity contribution in [2.45, 2.75) is 44.8 Å². The molecule has 2 heterocycles. The molecule has 2 aromatic heterocycles. The fourth-order valence-electron chi connectivity index (χ4n) is 4.01. The normalized spacial score (nSPS) is 19.5. The number of hydrogen-bond acceptors (Lipinski definition) is 4. The van der Waals surface area contributed by atoms with Crippen LogP contribution in [0.2, 0.25) is 0 Å². The third kappa shape index (κ3) is 4.56. The molecule has 1 aromatic carbocycles. The summed E-state index contributed by atoms with van der Waals surface area (Å²) in [5.41, 5.74) is 0.634. The number of fused-ring (bicyclic) bond motifs is 1. The first kappa shape index (κ1) is 21.3. The molecule has 1 fully saturated rings. The van der Waals surface area contributed by atoms with Gasteiger partial charge in [-0.05, 0) is 68.4 Å². The molecule has 4 rings (SSSR count). The number of halogens is 3. The lowest BCUT2D eigenvalue weighted by Gasteiger charge is -2.27. The lowest BCUT2D eigenvalue weighted by molar-refractivity contribution is -0.141. The molecule has 0 atom stereocenters. The Labute approximate surface area is 177 Å². The fourth-order valence-corrected chi connectivity index (χ4v) is 4.01. The van der Waals surface area contributed by atoms with Gasteiger partial charge in [-0.25, -0.2) is 4.98 Å². The zero-order valence-corrected chi connectivity index (χ0v) is 17.0. The first-order valence-corrected chi connectivity index (χ1v) is 10.2. The van der Waals surface area contributed by atoms with Crippen molar-refractivity contribution in [2.75, 3.05) is 11.9 Å². The lowest BCUT2D eigenvalue weighted by atomic mass is 9.87. The minimum Gasteiger partial charge on any atom is -0.396 e. The zero-order valence-electron chi connectivity index (χ0n) is 17.0. The summed E-state index contributed by atoms with van der Waals surface area (Å²) < 4.78 is 40.6. The predicted octanol–water partition coefficient (Wildman–Crippen LogP) is 4.73. The number of alkyl halides is 3. The van der Waals surface area contributed by atoms with Crippen molar-refractivity contribution in [1.29, 1.82) is 0 Å². The summed E-state index contributed by atoms with van der Waals surface area (Å²) in [6.45, 7) is 2.02. The van der Waals surface area contributed by atoms with Crippen LogP contribution in [0, 0.1) is 12.8 Å². The van der Waals surface area contributed by atoms with Crippen LogP contribution in [-0.4, -0.2) is 32.4 Å². The minimum absolute atomic E-state index is 0.219. The van der Waals surface area contributed by atoms with Gasteiger partial charge >= 0.3 is 6.18 Å². The van der Waals surface area contributed by atoms with Crippen LogP contribution in [0.1, 0.15) is 53.5 Å². The van der Waals surface area contributed by atoms with Crippen molar-refractivity contribution < 1.29 is 23.1 Å². The van der Waals surface area contributed by atoms with Crippen LogP contribution < -0.4 is 5.32 Å². The minimum atomic E-state index is -4.62. The molecule has 0 radical (unpaired) electrons. The van der Waals surface area contributed by atoms with E-state index in [2.05, 4.69) is 15.4 Å². The second kappa shape index (κ2) is 8.30. The Balaban J connectivity index is 1.55. The maximum Gasteiger partial charge on any atom is 0.433 e. The van der Waals surface area contributed by atoms with Gasteiger partial charge in [0.15, 0.2) is 0 Å². The highest BCUT2D eigenvalue weighted by Crippen LogP contribution is 2.33. The molecule has 0 unspecified atom stereocenters. The van der Waals surface area contributed by atoms with Gasteiger partial charge in [-0.3, -0.25) is 9.48 Å². The fraction of sp³-hybridized carbons (Fsp3) is 0.409. The highest BCUT2D eigenvalue weighted by atomic mass is 19.4. The summed E-state index contributed by atoms with van der Waals surface area (Å²) in [5.74, 6) is -0.349. The van der Waals surface area contributed by atoms with E-state index in [0.29, 0.717) is 11.6 Å². The largest absolute Gasteiger partial charge is 0.433 e. The number of benzene rings is 1. The van der Waals surface area contributed by atoms with Crippen LogP contribution >= 0.6 is 0 Å². The number of amides is 1. The van der Waals surface area contributed by atoms with Gasteiger partial charge in [0.25, 0.3) is 5.91 Å². The second-order valence-corrected chi connectivity index (χ2v) is 8.05. The van der Waals surface area contributed by atoms with Crippen molar-refractivity contribution in [2.24, 2.45) is 5.92 Å². The second-order valence-electron chi connectivity index (χ2n) is 8.05. The van der Waals surface area contributed by atoms with Crippen molar-refractivity contribution in [1.82, 2.24) is 14.8 Å². The van der Waals surface area contributed by atoms with Crippen molar-refractivity contribution in [3.8, 4) is 0 Å². The smallest absolute Gasteiger partial charge is 0.396 e. The third-order valence-corrected chi connectivity index (χ3v) is 5.84. The van der Waals surface area contributed by atoms with E-state index in [1.54, 1.807) is 13.0 Å². The zero-order chi connectivity index (χ0) is 22.2. The maximum atomic E-state index is 12.9. The number of aliphatic hydroxyl groups is 1. The number of anilines is 1. The number of hydrogen-bond donors (Lipinski definition) is 2. The molecule has 1 saturated carbocycles. The number of pyridine rings is 1. The van der Waals surface area contributed by atoms with E-state index in [1.165, 1.54) is 6.07 Å². The van der Waals surface area contributed by atoms with E-state index in [4.69, 9.17) is 0 Å². The first-order valence-electron chi connectivity index (χ1n) is 10.2. The maximum absolute atomic E-state index is 12.9. The molecule has 0 spiro atoms. The van der Waals surface area contributed by atoms with E-state index in [-0.39, 0.29) is 18.3 Å². The molecular weight excluding hydrogens is 409 g/mol. The van der Waals surface area contributed by atoms with Crippen LogP contribution in [-0.2, 0) is 6.18 Å². The molecule has 164 valence electrons. The van der Waals surface area contributed by atoms with Crippen molar-refractivity contribution in [3.63, 3.8) is 0 Å². The quantitative estimate of drug-likeness (QED) is 0.624. The summed E-state index contributed by atoms with van der Waals surface area (Å²) in [6.07, 6.45) is 1.13. The number of rotatable bonds is 4. The molecular formula is C22H23F3N4O2. The van der Waals surface area contributed by atoms with Crippen LogP contribution in [0.15, 0.2) is 36.5 Å². The monoisotopic (exact) mass is 432 g/mol. The standard InChI is InChI=1S/C22H23F3N4O2/c1-13-9-19-15(11-29(28-19)16-7-5-14(12-30)6-8-16)10-18(13)27-21(31)17-3-2-4-20(26-17)22(23,24)25/h2-4,9-11,14,16,30H,5-8,12H2,1H3,(H,27,31)/t14-,16-. The summed E-state index contributed by atoms with van der Waals surface area (Å²) in [7, 11) is 0. The number of aromatic nitrogens is 3. The van der Waals surface area contributed by atoms with Crippen LogP contribution in [0.25, 0.3) is 10.9 Å². The highest BCUT2D eigenvalue weighted by Gasteiger charge is 2.33. The van der Waals surface area contributed by atoms with Gasteiger partial charge in [-0.1, -0.05) is 6.07 Å². The molecule has 0 aliphatic heterocycles. The van der Waals surface area contributed by atoms with Crippen LogP contribution in [0.5, 0.6) is 0 Å². The topological polar surface area (TPSA) is 80.0 Å². The van der Waals surface area contributed by atoms with Gasteiger partial charge in [0.1, 0.15) is 11.4 Å². The van der Waals surface area contributed by atoms with E-state index in [9.17, 15) is 23.1 Å². The van der Waals surface area contributed by atoms with Crippen LogP contribution in [0.4, 0.5) is 18.9 Å². The first-order chi connectivity index (χ1) is 14.7. The Morgan fingerprint density at radius 1 is 1.23 bits per heavy atom. The molecule has 1 amide bonds. The van der Waals surface area contributed by atoms with E-state index < -0.39 is 17.8 Å². The molecule has 1 aliphatic rings. The Hall–Kier alpha value is -2.94. The molecule has 9 heteroatoms. The highest BCUT2D eigenvalue weighted by molar-refractivity contribution is 6.04. The number of carbonyl (C=O) groups excluding carboxylic acids is 1. The molecule has 31 heavy (non-hydrogen) atoms. The molecule has 0 saturated heterocycles. The summed E-state index contributed by atoms with van der Waals surface area (Å²) in [6, 6.07) is 7.13. The number of nitrogens with one attached hydrogen (secondary N) is 1. The summed E-state index contributed by atoms with van der Waals surface area (Å²) >= 11 is 0. The number of nitrogens with zero attached hydrogens (tertiary/aromatic N) is 3. The summed E-state index contributed by atoms with van der Waals surface area (Å²) in [4.78, 5) is 16.0. The summed E-state index contributed by atoms with van der Waals surface area (Å²) in [5, 5.41) is 17.5. The Morgan fingerprint density at radius 2 is 1.97 bits per heavy atom. The molecule has 2 N–H and O–H groups in total. The van der Waals surface area contributed by atoms with Gasteiger partial charge in [-0.2, -0.15) is 18.3 Å². The van der Waals surface area contributed by atoms with Gasteiger partial charge in [0, 0.05) is 23.9 Å². The molecule has 3 aromatic rings. The van der Waals surface area contributed by atoms with Crippen molar-refractivity contribution in [3.05, 3.63) is 53.5 Å². The van der Waals surface area contributed by atoms with E-state index >= 15 is 0 Å². The van der Waals surface area contributed by atoms with E-state index in [0.717, 1.165) is 54.3 Å². The number of aryl methyl sites for hydroxylation is 1. The van der Waals surface area contributed by atoms with E-state index in [1.807, 2.05) is 16.9 Å². The van der Waals surface area contributed by atoms with Crippen LogP contribution in [0.3, 0.4) is 0 Å². The number of carbonyl (C=O) groups is 1. The number of aliphatic hydroxyl groups excluding tert-OH is 1. The Morgan fingerprint density at radius 3 is 2.65 bits per heavy atom. The SMILES string of the molecule is Cc1cc2nn([C@H]3CC[C@H](CO)CC3)cc2cc1NC(=O)c1cccc(C(F)(F)F)n1. The average Bonchev–Trinajstić information content (AvgIpc) is 3.16. The predicted molar refractivity (Wildman–Crippen MR) is 110 cm³/mol. The van der Waals surface area contributed by atoms with Gasteiger partial charge in [-0.15, -0.1) is 0 Å². The molecule has 1 aliphatic carbocycles. The molecule has 0 bridgehead atoms. The average molecular weight is 432 g/mol.